The zero-order valence-corrected chi connectivity index (χ0v) is 17.3. The fourth-order valence-corrected chi connectivity index (χ4v) is 4.71. The second-order valence-electron chi connectivity index (χ2n) is 7.25. The molecule has 2 heterocycles. The summed E-state index contributed by atoms with van der Waals surface area (Å²) >= 11 is 7.61. The maximum absolute atomic E-state index is 12.9. The van der Waals surface area contributed by atoms with Crippen molar-refractivity contribution in [3.05, 3.63) is 51.6 Å². The Bertz CT molecular complexity index is 1050. The van der Waals surface area contributed by atoms with E-state index in [1.54, 1.807) is 18.2 Å². The van der Waals surface area contributed by atoms with Crippen molar-refractivity contribution in [3.63, 3.8) is 0 Å². The van der Waals surface area contributed by atoms with Crippen LogP contribution in [0.5, 0.6) is 0 Å². The van der Waals surface area contributed by atoms with Crippen LogP contribution in [-0.2, 0) is 11.8 Å². The summed E-state index contributed by atoms with van der Waals surface area (Å²) in [5.74, 6) is -0.187. The zero-order chi connectivity index (χ0) is 21.4. The van der Waals surface area contributed by atoms with Gasteiger partial charge in [-0.3, -0.25) is 0 Å². The van der Waals surface area contributed by atoms with Crippen molar-refractivity contribution < 1.29 is 18.3 Å². The first-order valence-corrected chi connectivity index (χ1v) is 10.7. The molecule has 2 aromatic heterocycles. The maximum Gasteiger partial charge on any atom is 0.433 e. The summed E-state index contributed by atoms with van der Waals surface area (Å²) in [5, 5.41) is 16.6. The van der Waals surface area contributed by atoms with E-state index < -0.39 is 17.5 Å². The highest BCUT2D eigenvalue weighted by Crippen LogP contribution is 2.40. The molecule has 0 spiro atoms. The Morgan fingerprint density at radius 2 is 1.87 bits per heavy atom. The number of aromatic nitrogens is 3. The van der Waals surface area contributed by atoms with E-state index in [0.717, 1.165) is 31.5 Å². The summed E-state index contributed by atoms with van der Waals surface area (Å²) in [4.78, 5) is 12.0. The van der Waals surface area contributed by atoms with E-state index in [1.165, 1.54) is 11.3 Å². The molecule has 1 aliphatic rings. The lowest BCUT2D eigenvalue weighted by Gasteiger charge is -2.29. The van der Waals surface area contributed by atoms with Gasteiger partial charge < -0.3 is 10.4 Å². The van der Waals surface area contributed by atoms with E-state index in [0.29, 0.717) is 39.8 Å². The molecule has 0 unspecified atom stereocenters. The number of hydrogen-bond donors (Lipinski definition) is 2. The van der Waals surface area contributed by atoms with Crippen LogP contribution in [0.2, 0.25) is 5.02 Å². The van der Waals surface area contributed by atoms with E-state index in [9.17, 15) is 18.3 Å². The number of rotatable bonds is 4. The van der Waals surface area contributed by atoms with Gasteiger partial charge in [0.05, 0.1) is 5.69 Å². The van der Waals surface area contributed by atoms with Crippen LogP contribution in [0.25, 0.3) is 11.3 Å². The highest BCUT2D eigenvalue weighted by atomic mass is 35.5. The standard InChI is InChI=1S/C20H18ClF3N4OS/c21-13-8-12(15-11-30-17(27-15)19(29)5-2-1-3-6-19)9-14(10-13)26-18-25-7-4-16(28-18)20(22,23)24/h4,7-11,29H,1-3,5-6H2,(H,25,26,28). The van der Waals surface area contributed by atoms with Crippen molar-refractivity contribution in [2.24, 2.45) is 0 Å². The second kappa shape index (κ2) is 8.13. The molecule has 1 fully saturated rings. The summed E-state index contributed by atoms with van der Waals surface area (Å²) in [6.45, 7) is 0. The van der Waals surface area contributed by atoms with Crippen molar-refractivity contribution >= 4 is 34.6 Å². The third-order valence-corrected chi connectivity index (χ3v) is 6.23. The fourth-order valence-electron chi connectivity index (χ4n) is 3.49. The van der Waals surface area contributed by atoms with Crippen LogP contribution in [0.15, 0.2) is 35.8 Å². The van der Waals surface area contributed by atoms with Crippen LogP contribution in [0, 0.1) is 0 Å². The largest absolute Gasteiger partial charge is 0.433 e. The molecule has 0 amide bonds. The first-order chi connectivity index (χ1) is 14.2. The molecule has 2 N–H and O–H groups in total. The van der Waals surface area contributed by atoms with Gasteiger partial charge in [0.25, 0.3) is 0 Å². The first kappa shape index (κ1) is 21.0. The van der Waals surface area contributed by atoms with Gasteiger partial charge in [0.1, 0.15) is 16.3 Å². The minimum absolute atomic E-state index is 0.187. The van der Waals surface area contributed by atoms with Crippen LogP contribution in [-0.4, -0.2) is 20.1 Å². The molecule has 5 nitrogen and oxygen atoms in total. The summed E-state index contributed by atoms with van der Waals surface area (Å²) in [6.07, 6.45) is 0.906. The average molecular weight is 455 g/mol. The van der Waals surface area contributed by atoms with Crippen LogP contribution >= 0.6 is 22.9 Å². The first-order valence-electron chi connectivity index (χ1n) is 9.40. The van der Waals surface area contributed by atoms with E-state index in [-0.39, 0.29) is 5.95 Å². The topological polar surface area (TPSA) is 70.9 Å². The highest BCUT2D eigenvalue weighted by Gasteiger charge is 2.34. The maximum atomic E-state index is 12.9. The van der Waals surface area contributed by atoms with Gasteiger partial charge in [-0.2, -0.15) is 13.2 Å². The van der Waals surface area contributed by atoms with Gasteiger partial charge in [0.2, 0.25) is 5.95 Å². The van der Waals surface area contributed by atoms with Gasteiger partial charge >= 0.3 is 6.18 Å². The molecule has 1 aromatic carbocycles. The zero-order valence-electron chi connectivity index (χ0n) is 15.7. The third kappa shape index (κ3) is 4.58. The van der Waals surface area contributed by atoms with Gasteiger partial charge in [0, 0.05) is 27.9 Å². The van der Waals surface area contributed by atoms with Crippen LogP contribution in [0.3, 0.4) is 0 Å². The number of thiazole rings is 1. The van der Waals surface area contributed by atoms with Crippen molar-refractivity contribution in [1.29, 1.82) is 0 Å². The Kier molecular flexibility index (Phi) is 5.69. The van der Waals surface area contributed by atoms with Gasteiger partial charge in [-0.25, -0.2) is 15.0 Å². The summed E-state index contributed by atoms with van der Waals surface area (Å²) in [5.41, 5.74) is -0.176. The summed E-state index contributed by atoms with van der Waals surface area (Å²) < 4.78 is 38.6. The number of aliphatic hydroxyl groups is 1. The Labute approximate surface area is 180 Å². The Balaban J connectivity index is 1.60. The highest BCUT2D eigenvalue weighted by molar-refractivity contribution is 7.10. The molecule has 10 heteroatoms. The van der Waals surface area contributed by atoms with E-state index in [1.807, 2.05) is 5.38 Å². The number of benzene rings is 1. The number of alkyl halides is 3. The van der Waals surface area contributed by atoms with E-state index in [2.05, 4.69) is 20.3 Å². The molecule has 0 bridgehead atoms. The Morgan fingerprint density at radius 3 is 2.60 bits per heavy atom. The van der Waals surface area contributed by atoms with Crippen LogP contribution < -0.4 is 5.32 Å². The molecule has 0 atom stereocenters. The number of anilines is 2. The number of hydrogen-bond acceptors (Lipinski definition) is 6. The molecule has 4 rings (SSSR count). The van der Waals surface area contributed by atoms with Gasteiger partial charge in [0.15, 0.2) is 0 Å². The fraction of sp³-hybridized carbons (Fsp3) is 0.350. The average Bonchev–Trinajstić information content (AvgIpc) is 3.19. The summed E-state index contributed by atoms with van der Waals surface area (Å²) in [6, 6.07) is 5.79. The molecule has 0 radical (unpaired) electrons. The molecule has 30 heavy (non-hydrogen) atoms. The molecular formula is C20H18ClF3N4OS. The lowest BCUT2D eigenvalue weighted by molar-refractivity contribution is -0.141. The van der Waals surface area contributed by atoms with E-state index in [4.69, 9.17) is 11.6 Å². The predicted molar refractivity (Wildman–Crippen MR) is 110 cm³/mol. The smallest absolute Gasteiger partial charge is 0.383 e. The number of halogens is 4. The van der Waals surface area contributed by atoms with Crippen molar-refractivity contribution in [1.82, 2.24) is 15.0 Å². The number of nitrogens with one attached hydrogen (secondary N) is 1. The number of nitrogens with zero attached hydrogens (tertiary/aromatic N) is 3. The Morgan fingerprint density at radius 1 is 1.10 bits per heavy atom. The van der Waals surface area contributed by atoms with Gasteiger partial charge in [-0.15, -0.1) is 11.3 Å². The molecular weight excluding hydrogens is 437 g/mol. The van der Waals surface area contributed by atoms with E-state index >= 15 is 0 Å². The van der Waals surface area contributed by atoms with Crippen molar-refractivity contribution in [2.45, 2.75) is 43.9 Å². The minimum atomic E-state index is -4.56. The van der Waals surface area contributed by atoms with Crippen molar-refractivity contribution in [3.8, 4) is 11.3 Å². The molecule has 158 valence electrons. The lowest BCUT2D eigenvalue weighted by Crippen LogP contribution is -2.28. The Hall–Kier alpha value is -2.23. The molecule has 0 saturated heterocycles. The molecule has 1 aliphatic carbocycles. The lowest BCUT2D eigenvalue weighted by atomic mass is 9.85. The molecule has 3 aromatic rings. The van der Waals surface area contributed by atoms with Crippen LogP contribution in [0.1, 0.15) is 42.8 Å². The second-order valence-corrected chi connectivity index (χ2v) is 8.54. The predicted octanol–water partition coefficient (Wildman–Crippen LogP) is 6.17. The van der Waals surface area contributed by atoms with Gasteiger partial charge in [-0.05, 0) is 37.1 Å². The monoisotopic (exact) mass is 454 g/mol. The minimum Gasteiger partial charge on any atom is -0.383 e. The third-order valence-electron chi connectivity index (χ3n) is 4.98. The summed E-state index contributed by atoms with van der Waals surface area (Å²) in [7, 11) is 0. The van der Waals surface area contributed by atoms with Gasteiger partial charge in [-0.1, -0.05) is 30.9 Å². The SMILES string of the molecule is OC1(c2nc(-c3cc(Cl)cc(Nc4nccc(C(F)(F)F)n4)c3)cs2)CCCCC1. The normalized spacial score (nSPS) is 16.4. The van der Waals surface area contributed by atoms with Crippen LogP contribution in [0.4, 0.5) is 24.8 Å². The molecule has 0 aliphatic heterocycles. The quantitative estimate of drug-likeness (QED) is 0.493. The molecule has 1 saturated carbocycles. The van der Waals surface area contributed by atoms with Crippen molar-refractivity contribution in [2.75, 3.05) is 5.32 Å².